The van der Waals surface area contributed by atoms with E-state index >= 15 is 0 Å². The number of benzene rings is 1. The maximum atomic E-state index is 13.0. The zero-order valence-electron chi connectivity index (χ0n) is 11.9. The third-order valence-electron chi connectivity index (χ3n) is 3.50. The Morgan fingerprint density at radius 2 is 2.05 bits per heavy atom. The van der Waals surface area contributed by atoms with Crippen LogP contribution >= 0.6 is 11.3 Å². The molecule has 0 aliphatic heterocycles. The van der Waals surface area contributed by atoms with Gasteiger partial charge in [0.25, 0.3) is 0 Å². The van der Waals surface area contributed by atoms with Crippen LogP contribution in [-0.4, -0.2) is 11.0 Å². The van der Waals surface area contributed by atoms with Crippen LogP contribution < -0.4 is 0 Å². The molecule has 0 saturated heterocycles. The fourth-order valence-corrected chi connectivity index (χ4v) is 3.20. The number of rotatable bonds is 4. The van der Waals surface area contributed by atoms with Gasteiger partial charge in [-0.2, -0.15) is 0 Å². The highest BCUT2D eigenvalue weighted by Gasteiger charge is 2.33. The Hall–Kier alpha value is -1.75. The van der Waals surface area contributed by atoms with E-state index in [1.54, 1.807) is 12.1 Å². The van der Waals surface area contributed by atoms with Gasteiger partial charge in [-0.05, 0) is 51.0 Å². The molecule has 3 nitrogen and oxygen atoms in total. The Morgan fingerprint density at radius 1 is 1.38 bits per heavy atom. The van der Waals surface area contributed by atoms with Crippen LogP contribution in [0.15, 0.2) is 24.3 Å². The first kappa shape index (κ1) is 14.2. The van der Waals surface area contributed by atoms with Gasteiger partial charge in [0.05, 0.1) is 16.5 Å². The Kier molecular flexibility index (Phi) is 3.76. The summed E-state index contributed by atoms with van der Waals surface area (Å²) in [5, 5.41) is 0.817. The standard InChI is InChI=1S/C16H16FNO2S/c1-9-14(10(2)20-16(19)12-3-4-12)21-15(18-9)11-5-7-13(17)8-6-11/h5-8,10,12H,3-4H2,1-2H3/t10-/m1/s1. The Bertz CT molecular complexity index is 661. The molecular formula is C16H16FNO2S. The number of carbonyl (C=O) groups is 1. The minimum Gasteiger partial charge on any atom is -0.457 e. The van der Waals surface area contributed by atoms with Crippen LogP contribution in [0.5, 0.6) is 0 Å². The van der Waals surface area contributed by atoms with Crippen LogP contribution in [-0.2, 0) is 9.53 Å². The highest BCUT2D eigenvalue weighted by molar-refractivity contribution is 7.15. The quantitative estimate of drug-likeness (QED) is 0.792. The molecule has 110 valence electrons. The lowest BCUT2D eigenvalue weighted by atomic mass is 10.2. The van der Waals surface area contributed by atoms with Gasteiger partial charge >= 0.3 is 5.97 Å². The smallest absolute Gasteiger partial charge is 0.309 e. The SMILES string of the molecule is Cc1nc(-c2ccc(F)cc2)sc1[C@@H](C)OC(=O)C1CC1. The van der Waals surface area contributed by atoms with Crippen molar-refractivity contribution >= 4 is 17.3 Å². The van der Waals surface area contributed by atoms with Gasteiger partial charge in [-0.1, -0.05) is 0 Å². The predicted molar refractivity (Wildman–Crippen MR) is 79.5 cm³/mol. The zero-order valence-corrected chi connectivity index (χ0v) is 12.7. The molecule has 0 radical (unpaired) electrons. The van der Waals surface area contributed by atoms with Crippen molar-refractivity contribution in [2.45, 2.75) is 32.8 Å². The van der Waals surface area contributed by atoms with Crippen LogP contribution in [0.3, 0.4) is 0 Å². The lowest BCUT2D eigenvalue weighted by Gasteiger charge is -2.11. The molecule has 1 saturated carbocycles. The summed E-state index contributed by atoms with van der Waals surface area (Å²) in [5.74, 6) is -0.283. The average Bonchev–Trinajstić information content (AvgIpc) is 3.23. The number of carbonyl (C=O) groups excluding carboxylic acids is 1. The number of ether oxygens (including phenoxy) is 1. The van der Waals surface area contributed by atoms with Gasteiger partial charge in [0.15, 0.2) is 0 Å². The normalized spacial score (nSPS) is 15.8. The number of esters is 1. The minimum atomic E-state index is -0.287. The fourth-order valence-electron chi connectivity index (χ4n) is 2.14. The molecule has 21 heavy (non-hydrogen) atoms. The predicted octanol–water partition coefficient (Wildman–Crippen LogP) is 4.27. The third-order valence-corrected chi connectivity index (χ3v) is 4.86. The van der Waals surface area contributed by atoms with Crippen molar-refractivity contribution in [3.05, 3.63) is 40.7 Å². The molecule has 0 N–H and O–H groups in total. The summed E-state index contributed by atoms with van der Waals surface area (Å²) >= 11 is 1.49. The molecule has 0 spiro atoms. The van der Waals surface area contributed by atoms with Crippen molar-refractivity contribution in [3.63, 3.8) is 0 Å². The van der Waals surface area contributed by atoms with Crippen molar-refractivity contribution < 1.29 is 13.9 Å². The molecule has 1 aliphatic rings. The molecule has 1 heterocycles. The summed E-state index contributed by atoms with van der Waals surface area (Å²) < 4.78 is 18.4. The molecule has 0 unspecified atom stereocenters. The molecular weight excluding hydrogens is 289 g/mol. The van der Waals surface area contributed by atoms with Gasteiger partial charge in [0, 0.05) is 5.56 Å². The van der Waals surface area contributed by atoms with Gasteiger partial charge in [-0.15, -0.1) is 11.3 Å². The molecule has 1 aliphatic carbocycles. The van der Waals surface area contributed by atoms with E-state index in [1.165, 1.54) is 23.5 Å². The lowest BCUT2D eigenvalue weighted by Crippen LogP contribution is -2.10. The van der Waals surface area contributed by atoms with E-state index in [9.17, 15) is 9.18 Å². The first-order valence-electron chi connectivity index (χ1n) is 6.98. The summed E-state index contributed by atoms with van der Waals surface area (Å²) in [6, 6.07) is 6.25. The Balaban J connectivity index is 1.80. The summed E-state index contributed by atoms with van der Waals surface area (Å²) in [7, 11) is 0. The zero-order chi connectivity index (χ0) is 15.0. The van der Waals surface area contributed by atoms with E-state index in [-0.39, 0.29) is 23.8 Å². The highest BCUT2D eigenvalue weighted by Crippen LogP contribution is 2.36. The van der Waals surface area contributed by atoms with Crippen molar-refractivity contribution in [1.29, 1.82) is 0 Å². The van der Waals surface area contributed by atoms with Gasteiger partial charge < -0.3 is 4.74 Å². The summed E-state index contributed by atoms with van der Waals surface area (Å²) in [5.41, 5.74) is 1.73. The van der Waals surface area contributed by atoms with Gasteiger partial charge in [0.2, 0.25) is 0 Å². The third kappa shape index (κ3) is 3.13. The minimum absolute atomic E-state index is 0.0947. The van der Waals surface area contributed by atoms with E-state index in [0.717, 1.165) is 34.0 Å². The summed E-state index contributed by atoms with van der Waals surface area (Å²) in [6.07, 6.45) is 1.59. The molecule has 3 rings (SSSR count). The van der Waals surface area contributed by atoms with Gasteiger partial charge in [0.1, 0.15) is 16.9 Å². The second-order valence-electron chi connectivity index (χ2n) is 5.33. The van der Waals surface area contributed by atoms with E-state index in [1.807, 2.05) is 13.8 Å². The van der Waals surface area contributed by atoms with E-state index in [4.69, 9.17) is 4.74 Å². The van der Waals surface area contributed by atoms with Crippen molar-refractivity contribution in [1.82, 2.24) is 4.98 Å². The number of hydrogen-bond acceptors (Lipinski definition) is 4. The topological polar surface area (TPSA) is 39.2 Å². The molecule has 2 aromatic rings. The molecule has 0 bridgehead atoms. The monoisotopic (exact) mass is 305 g/mol. The first-order chi connectivity index (χ1) is 10.0. The summed E-state index contributed by atoms with van der Waals surface area (Å²) in [6.45, 7) is 3.77. The Morgan fingerprint density at radius 3 is 2.67 bits per heavy atom. The summed E-state index contributed by atoms with van der Waals surface area (Å²) in [4.78, 5) is 17.2. The van der Waals surface area contributed by atoms with Crippen LogP contribution in [0.25, 0.3) is 10.6 Å². The molecule has 1 aromatic heterocycles. The largest absolute Gasteiger partial charge is 0.457 e. The second kappa shape index (κ2) is 5.56. The average molecular weight is 305 g/mol. The first-order valence-corrected chi connectivity index (χ1v) is 7.80. The van der Waals surface area contributed by atoms with Crippen molar-refractivity contribution in [3.8, 4) is 10.6 Å². The van der Waals surface area contributed by atoms with Crippen LogP contribution in [0.2, 0.25) is 0 Å². The molecule has 0 amide bonds. The molecule has 1 fully saturated rings. The van der Waals surface area contributed by atoms with Crippen molar-refractivity contribution in [2.75, 3.05) is 0 Å². The molecule has 5 heteroatoms. The number of thiazole rings is 1. The van der Waals surface area contributed by atoms with E-state index in [0.29, 0.717) is 0 Å². The maximum Gasteiger partial charge on any atom is 0.309 e. The lowest BCUT2D eigenvalue weighted by molar-refractivity contribution is -0.150. The van der Waals surface area contributed by atoms with Crippen LogP contribution in [0.1, 0.15) is 36.4 Å². The number of nitrogens with zero attached hydrogens (tertiary/aromatic N) is 1. The van der Waals surface area contributed by atoms with Gasteiger partial charge in [-0.25, -0.2) is 9.37 Å². The molecule has 1 atom stereocenters. The number of aromatic nitrogens is 1. The Labute approximate surface area is 126 Å². The van der Waals surface area contributed by atoms with Crippen LogP contribution in [0, 0.1) is 18.7 Å². The number of aryl methyl sites for hydroxylation is 1. The van der Waals surface area contributed by atoms with Gasteiger partial charge in [-0.3, -0.25) is 4.79 Å². The second-order valence-corrected chi connectivity index (χ2v) is 6.36. The van der Waals surface area contributed by atoms with E-state index in [2.05, 4.69) is 4.98 Å². The highest BCUT2D eigenvalue weighted by atomic mass is 32.1. The fraction of sp³-hybridized carbons (Fsp3) is 0.375. The van der Waals surface area contributed by atoms with Crippen molar-refractivity contribution in [2.24, 2.45) is 5.92 Å². The number of hydrogen-bond donors (Lipinski definition) is 0. The number of halogens is 1. The maximum absolute atomic E-state index is 13.0. The molecule has 1 aromatic carbocycles. The van der Waals surface area contributed by atoms with Crippen LogP contribution in [0.4, 0.5) is 4.39 Å². The van der Waals surface area contributed by atoms with E-state index < -0.39 is 0 Å².